The highest BCUT2D eigenvalue weighted by molar-refractivity contribution is 8.26. The van der Waals surface area contributed by atoms with Gasteiger partial charge in [0.15, 0.2) is 5.58 Å². The maximum absolute atomic E-state index is 13.1. The Morgan fingerprint density at radius 3 is 2.70 bits per heavy atom. The molecule has 0 unspecified atom stereocenters. The third kappa shape index (κ3) is 5.07. The van der Waals surface area contributed by atoms with Crippen molar-refractivity contribution in [3.63, 3.8) is 0 Å². The molecule has 1 saturated heterocycles. The largest absolute Gasteiger partial charge is 0.496 e. The number of hydrogen-bond donors (Lipinski definition) is 2. The number of thioether (sulfide) groups is 1. The minimum Gasteiger partial charge on any atom is -0.496 e. The maximum Gasteiger partial charge on any atom is 0.335 e. The molecule has 186 valence electrons. The van der Waals surface area contributed by atoms with Crippen LogP contribution in [0.25, 0.3) is 28.3 Å². The van der Waals surface area contributed by atoms with Crippen LogP contribution in [0, 0.1) is 0 Å². The fourth-order valence-corrected chi connectivity index (χ4v) is 5.36. The van der Waals surface area contributed by atoms with Crippen molar-refractivity contribution in [1.29, 1.82) is 0 Å². The molecule has 5 rings (SSSR count). The molecule has 37 heavy (non-hydrogen) atoms. The number of rotatable bonds is 7. The van der Waals surface area contributed by atoms with Gasteiger partial charge in [-0.1, -0.05) is 48.2 Å². The van der Waals surface area contributed by atoms with Crippen LogP contribution in [0.15, 0.2) is 70.0 Å². The number of ether oxygens (including phenoxy) is 1. The van der Waals surface area contributed by atoms with Crippen LogP contribution >= 0.6 is 24.0 Å². The smallest absolute Gasteiger partial charge is 0.335 e. The van der Waals surface area contributed by atoms with E-state index in [1.165, 1.54) is 11.8 Å². The van der Waals surface area contributed by atoms with Crippen molar-refractivity contribution in [1.82, 2.24) is 9.88 Å². The minimum atomic E-state index is -0.973. The van der Waals surface area contributed by atoms with Crippen LogP contribution in [0.2, 0.25) is 0 Å². The summed E-state index contributed by atoms with van der Waals surface area (Å²) in [6, 6.07) is 18.0. The molecule has 1 aliphatic heterocycles. The topological polar surface area (TPSA) is 119 Å². The summed E-state index contributed by atoms with van der Waals surface area (Å²) in [5, 5.41) is 9.05. The first-order valence-electron chi connectivity index (χ1n) is 11.2. The first-order valence-corrected chi connectivity index (χ1v) is 12.5. The van der Waals surface area contributed by atoms with E-state index in [0.29, 0.717) is 39.0 Å². The number of carbonyl (C=O) groups is 2. The second-order valence-electron chi connectivity index (χ2n) is 8.28. The van der Waals surface area contributed by atoms with Crippen molar-refractivity contribution in [2.45, 2.75) is 6.42 Å². The Kier molecular flexibility index (Phi) is 6.68. The summed E-state index contributed by atoms with van der Waals surface area (Å²) in [6.45, 7) is 0.406. The van der Waals surface area contributed by atoms with Gasteiger partial charge in [0, 0.05) is 12.1 Å². The highest BCUT2D eigenvalue weighted by atomic mass is 32.2. The van der Waals surface area contributed by atoms with Crippen LogP contribution in [0.1, 0.15) is 21.5 Å². The summed E-state index contributed by atoms with van der Waals surface area (Å²) in [5.41, 5.74) is 10.6. The number of thiocarbonyl (C=S) groups is 1. The molecule has 1 fully saturated rings. The van der Waals surface area contributed by atoms with Gasteiger partial charge in [0.05, 0.1) is 17.6 Å². The van der Waals surface area contributed by atoms with Crippen molar-refractivity contribution in [2.75, 3.05) is 19.4 Å². The van der Waals surface area contributed by atoms with Crippen molar-refractivity contribution in [3.8, 4) is 16.9 Å². The molecule has 1 amide bonds. The van der Waals surface area contributed by atoms with Crippen LogP contribution in [-0.2, 0) is 11.2 Å². The molecule has 3 N–H and O–H groups in total. The van der Waals surface area contributed by atoms with Crippen molar-refractivity contribution in [2.24, 2.45) is 0 Å². The van der Waals surface area contributed by atoms with Gasteiger partial charge >= 0.3 is 5.97 Å². The molecule has 0 saturated carbocycles. The summed E-state index contributed by atoms with van der Waals surface area (Å²) in [4.78, 5) is 30.5. The highest BCUT2D eigenvalue weighted by Gasteiger charge is 2.31. The van der Waals surface area contributed by atoms with E-state index in [9.17, 15) is 9.59 Å². The lowest BCUT2D eigenvalue weighted by Crippen LogP contribution is -2.30. The number of carboxylic acids is 1. The molecule has 0 atom stereocenters. The molecule has 1 aromatic heterocycles. The summed E-state index contributed by atoms with van der Waals surface area (Å²) < 4.78 is 11.4. The second-order valence-corrected chi connectivity index (χ2v) is 9.96. The zero-order chi connectivity index (χ0) is 26.1. The molecular formula is C27H21N3O5S2. The lowest BCUT2D eigenvalue weighted by Gasteiger charge is -2.14. The number of amides is 1. The second kappa shape index (κ2) is 10.1. The van der Waals surface area contributed by atoms with Crippen LogP contribution < -0.4 is 10.5 Å². The number of hydrogen-bond acceptors (Lipinski definition) is 8. The number of nitrogens with zero attached hydrogens (tertiary/aromatic N) is 2. The number of benzene rings is 3. The van der Waals surface area contributed by atoms with Crippen molar-refractivity contribution < 1.29 is 23.8 Å². The molecule has 2 heterocycles. The summed E-state index contributed by atoms with van der Waals surface area (Å²) in [7, 11) is 1.60. The Bertz CT molecular complexity index is 1580. The molecular weight excluding hydrogens is 510 g/mol. The first kappa shape index (κ1) is 24.5. The standard InChI is InChI=1S/C27H21N3O5S2/c1-34-21-8-4-16(12-19(21)18-7-9-22-20(14-18)29-26(28)35-22)13-23-24(31)30(27(36)37-23)11-10-15-2-5-17(6-3-15)25(32)33/h2-9,12-14H,10-11H2,1H3,(H2,28,29)(H,32,33)/b23-13-. The van der Waals surface area contributed by atoms with E-state index >= 15 is 0 Å². The van der Waals surface area contributed by atoms with Gasteiger partial charge in [0.25, 0.3) is 11.9 Å². The Morgan fingerprint density at radius 2 is 1.97 bits per heavy atom. The minimum absolute atomic E-state index is 0.104. The fraction of sp³-hybridized carbons (Fsp3) is 0.111. The normalized spacial score (nSPS) is 14.6. The quantitative estimate of drug-likeness (QED) is 0.244. The average Bonchev–Trinajstić information content (AvgIpc) is 3.39. The summed E-state index contributed by atoms with van der Waals surface area (Å²) >= 11 is 6.73. The number of methoxy groups -OCH3 is 1. The van der Waals surface area contributed by atoms with E-state index in [0.717, 1.165) is 22.3 Å². The van der Waals surface area contributed by atoms with Crippen LogP contribution in [0.3, 0.4) is 0 Å². The highest BCUT2D eigenvalue weighted by Crippen LogP contribution is 2.36. The van der Waals surface area contributed by atoms with Gasteiger partial charge < -0.3 is 20.0 Å². The summed E-state index contributed by atoms with van der Waals surface area (Å²) in [6.07, 6.45) is 2.37. The Morgan fingerprint density at radius 1 is 1.19 bits per heavy atom. The van der Waals surface area contributed by atoms with E-state index in [1.54, 1.807) is 42.3 Å². The van der Waals surface area contributed by atoms with Crippen LogP contribution in [-0.4, -0.2) is 44.8 Å². The molecule has 10 heteroatoms. The number of aromatic carboxylic acids is 1. The van der Waals surface area contributed by atoms with E-state index in [-0.39, 0.29) is 17.5 Å². The molecule has 0 radical (unpaired) electrons. The van der Waals surface area contributed by atoms with Crippen LogP contribution in [0.4, 0.5) is 6.01 Å². The zero-order valence-electron chi connectivity index (χ0n) is 19.6. The maximum atomic E-state index is 13.1. The van der Waals surface area contributed by atoms with Crippen molar-refractivity contribution in [3.05, 3.63) is 82.3 Å². The van der Waals surface area contributed by atoms with Gasteiger partial charge in [-0.15, -0.1) is 0 Å². The molecule has 0 bridgehead atoms. The van der Waals surface area contributed by atoms with E-state index in [1.807, 2.05) is 36.4 Å². The number of carbonyl (C=O) groups excluding carboxylic acids is 1. The molecule has 8 nitrogen and oxygen atoms in total. The Balaban J connectivity index is 1.36. The predicted molar refractivity (Wildman–Crippen MR) is 147 cm³/mol. The lowest BCUT2D eigenvalue weighted by atomic mass is 10.0. The number of anilines is 1. The molecule has 0 spiro atoms. The predicted octanol–water partition coefficient (Wildman–Crippen LogP) is 5.23. The van der Waals surface area contributed by atoms with Gasteiger partial charge in [-0.3, -0.25) is 9.69 Å². The Labute approximate surface area is 221 Å². The monoisotopic (exact) mass is 531 g/mol. The van der Waals surface area contributed by atoms with E-state index < -0.39 is 5.97 Å². The first-order chi connectivity index (χ1) is 17.8. The van der Waals surface area contributed by atoms with Gasteiger partial charge in [0.2, 0.25) is 0 Å². The fourth-order valence-electron chi connectivity index (χ4n) is 4.05. The van der Waals surface area contributed by atoms with Gasteiger partial charge in [0.1, 0.15) is 15.6 Å². The van der Waals surface area contributed by atoms with Gasteiger partial charge in [-0.25, -0.2) is 4.79 Å². The lowest BCUT2D eigenvalue weighted by molar-refractivity contribution is -0.122. The molecule has 1 aliphatic rings. The van der Waals surface area contributed by atoms with Crippen molar-refractivity contribution >= 4 is 63.4 Å². The number of carboxylic acid groups (broad SMARTS) is 1. The Hall–Kier alpha value is -4.15. The molecule has 0 aliphatic carbocycles. The van der Waals surface area contributed by atoms with Crippen LogP contribution in [0.5, 0.6) is 5.75 Å². The average molecular weight is 532 g/mol. The number of nitrogen functional groups attached to an aromatic ring is 1. The molecule has 4 aromatic rings. The van der Waals surface area contributed by atoms with E-state index in [2.05, 4.69) is 4.98 Å². The number of oxazole rings is 1. The third-order valence-electron chi connectivity index (χ3n) is 5.93. The SMILES string of the molecule is COc1ccc(/C=C2\SC(=S)N(CCc3ccc(C(=O)O)cc3)C2=O)cc1-c1ccc2oc(N)nc2c1. The summed E-state index contributed by atoms with van der Waals surface area (Å²) in [5.74, 6) is -0.456. The number of aromatic nitrogens is 1. The van der Waals surface area contributed by atoms with Gasteiger partial charge in [-0.05, 0) is 65.6 Å². The van der Waals surface area contributed by atoms with Gasteiger partial charge in [-0.2, -0.15) is 4.98 Å². The zero-order valence-corrected chi connectivity index (χ0v) is 21.3. The van der Waals surface area contributed by atoms with E-state index in [4.69, 9.17) is 32.2 Å². The third-order valence-corrected chi connectivity index (χ3v) is 7.31. The molecule has 3 aromatic carbocycles. The number of nitrogens with two attached hydrogens (primary N) is 1. The number of fused-ring (bicyclic) bond motifs is 1.